The average molecular weight is 183 g/mol. The van der Waals surface area contributed by atoms with Crippen LogP contribution in [-0.4, -0.2) is 11.4 Å². The number of carbonyl (C=O) groups excluding carboxylic acids is 1. The van der Waals surface area contributed by atoms with Crippen molar-refractivity contribution in [1.29, 1.82) is 0 Å². The van der Waals surface area contributed by atoms with Crippen molar-refractivity contribution in [3.63, 3.8) is 0 Å². The first kappa shape index (κ1) is 10.6. The third-order valence-electron chi connectivity index (χ3n) is 3.11. The van der Waals surface area contributed by atoms with E-state index in [0.717, 1.165) is 6.42 Å². The van der Waals surface area contributed by atoms with Crippen LogP contribution in [0.25, 0.3) is 0 Å². The third kappa shape index (κ3) is 2.04. The number of hydrogen-bond donors (Lipinski definition) is 1. The van der Waals surface area contributed by atoms with Crippen LogP contribution in [0.15, 0.2) is 0 Å². The van der Waals surface area contributed by atoms with E-state index in [4.69, 9.17) is 0 Å². The van der Waals surface area contributed by atoms with Gasteiger partial charge >= 0.3 is 0 Å². The van der Waals surface area contributed by atoms with Crippen LogP contribution in [0, 0.1) is 17.8 Å². The zero-order valence-electron chi connectivity index (χ0n) is 9.35. The quantitative estimate of drug-likeness (QED) is 0.698. The molecule has 0 bridgehead atoms. The standard InChI is InChI=1S/C11H21NO/c1-7(2)6-9-8(3)10(13)12-11(9,4)5/h7-9H,6H2,1-5H3,(H,12,13). The second-order valence-electron chi connectivity index (χ2n) is 5.24. The molecule has 1 saturated heterocycles. The molecule has 0 aliphatic carbocycles. The summed E-state index contributed by atoms with van der Waals surface area (Å²) in [6.45, 7) is 10.7. The Labute approximate surface area is 81.1 Å². The van der Waals surface area contributed by atoms with E-state index >= 15 is 0 Å². The fourth-order valence-electron chi connectivity index (χ4n) is 2.34. The molecule has 2 atom stereocenters. The maximum Gasteiger partial charge on any atom is 0.223 e. The van der Waals surface area contributed by atoms with Gasteiger partial charge in [0.25, 0.3) is 0 Å². The lowest BCUT2D eigenvalue weighted by Crippen LogP contribution is -2.40. The molecule has 0 aromatic carbocycles. The van der Waals surface area contributed by atoms with Gasteiger partial charge in [-0.15, -0.1) is 0 Å². The van der Waals surface area contributed by atoms with Crippen molar-refractivity contribution in [2.75, 3.05) is 0 Å². The van der Waals surface area contributed by atoms with Crippen LogP contribution in [0.2, 0.25) is 0 Å². The Morgan fingerprint density at radius 3 is 2.31 bits per heavy atom. The summed E-state index contributed by atoms with van der Waals surface area (Å²) in [7, 11) is 0. The monoisotopic (exact) mass is 183 g/mol. The Hall–Kier alpha value is -0.530. The van der Waals surface area contributed by atoms with Crippen LogP contribution < -0.4 is 5.32 Å². The fourth-order valence-corrected chi connectivity index (χ4v) is 2.34. The third-order valence-corrected chi connectivity index (χ3v) is 3.11. The highest BCUT2D eigenvalue weighted by atomic mass is 16.2. The van der Waals surface area contributed by atoms with Gasteiger partial charge < -0.3 is 5.32 Å². The van der Waals surface area contributed by atoms with Crippen molar-refractivity contribution in [3.05, 3.63) is 0 Å². The molecule has 1 amide bonds. The van der Waals surface area contributed by atoms with Crippen LogP contribution in [0.1, 0.15) is 41.0 Å². The molecular weight excluding hydrogens is 162 g/mol. The van der Waals surface area contributed by atoms with Crippen molar-refractivity contribution >= 4 is 5.91 Å². The summed E-state index contributed by atoms with van der Waals surface area (Å²) >= 11 is 0. The Balaban J connectivity index is 2.75. The van der Waals surface area contributed by atoms with Crippen LogP contribution in [-0.2, 0) is 4.79 Å². The first-order chi connectivity index (χ1) is 5.84. The fraction of sp³-hybridized carbons (Fsp3) is 0.909. The van der Waals surface area contributed by atoms with Crippen LogP contribution >= 0.6 is 0 Å². The summed E-state index contributed by atoms with van der Waals surface area (Å²) in [5.74, 6) is 1.55. The maximum absolute atomic E-state index is 11.5. The molecule has 1 fully saturated rings. The molecule has 13 heavy (non-hydrogen) atoms. The predicted molar refractivity (Wildman–Crippen MR) is 54.3 cm³/mol. The second-order valence-corrected chi connectivity index (χ2v) is 5.24. The average Bonchev–Trinajstić information content (AvgIpc) is 2.12. The molecule has 0 aromatic rings. The molecule has 1 N–H and O–H groups in total. The van der Waals surface area contributed by atoms with Gasteiger partial charge in [0.1, 0.15) is 0 Å². The summed E-state index contributed by atoms with van der Waals surface area (Å²) in [6.07, 6.45) is 1.13. The van der Waals surface area contributed by atoms with Crippen molar-refractivity contribution in [2.45, 2.75) is 46.6 Å². The zero-order valence-corrected chi connectivity index (χ0v) is 9.35. The Bertz CT molecular complexity index is 208. The molecule has 0 spiro atoms. The molecule has 76 valence electrons. The highest BCUT2D eigenvalue weighted by Crippen LogP contribution is 2.36. The van der Waals surface area contributed by atoms with Gasteiger partial charge in [0.2, 0.25) is 5.91 Å². The van der Waals surface area contributed by atoms with E-state index < -0.39 is 0 Å². The van der Waals surface area contributed by atoms with E-state index in [9.17, 15) is 4.79 Å². The van der Waals surface area contributed by atoms with E-state index in [0.29, 0.717) is 11.8 Å². The molecule has 2 heteroatoms. The van der Waals surface area contributed by atoms with E-state index in [1.165, 1.54) is 0 Å². The van der Waals surface area contributed by atoms with Gasteiger partial charge in [0.05, 0.1) is 0 Å². The number of hydrogen-bond acceptors (Lipinski definition) is 1. The zero-order chi connectivity index (χ0) is 10.2. The van der Waals surface area contributed by atoms with E-state index in [-0.39, 0.29) is 17.4 Å². The molecule has 1 heterocycles. The van der Waals surface area contributed by atoms with E-state index in [1.807, 2.05) is 6.92 Å². The lowest BCUT2D eigenvalue weighted by atomic mass is 9.78. The van der Waals surface area contributed by atoms with Gasteiger partial charge in [0, 0.05) is 11.5 Å². The summed E-state index contributed by atoms with van der Waals surface area (Å²) in [4.78, 5) is 11.5. The summed E-state index contributed by atoms with van der Waals surface area (Å²) in [6, 6.07) is 0. The molecule has 2 unspecified atom stereocenters. The molecule has 0 aromatic heterocycles. The maximum atomic E-state index is 11.5. The Morgan fingerprint density at radius 1 is 1.46 bits per heavy atom. The highest BCUT2D eigenvalue weighted by Gasteiger charge is 2.44. The van der Waals surface area contributed by atoms with Gasteiger partial charge in [-0.05, 0) is 32.1 Å². The summed E-state index contributed by atoms with van der Waals surface area (Å²) in [5, 5.41) is 3.06. The van der Waals surface area contributed by atoms with Gasteiger partial charge in [-0.25, -0.2) is 0 Å². The molecule has 1 aliphatic heterocycles. The largest absolute Gasteiger partial charge is 0.351 e. The minimum Gasteiger partial charge on any atom is -0.351 e. The summed E-state index contributed by atoms with van der Waals surface area (Å²) in [5.41, 5.74) is -0.0131. The first-order valence-electron chi connectivity index (χ1n) is 5.16. The molecular formula is C11H21NO. The van der Waals surface area contributed by atoms with Crippen molar-refractivity contribution < 1.29 is 4.79 Å². The number of rotatable bonds is 2. The minimum absolute atomic E-state index is 0.0131. The molecule has 1 aliphatic rings. The van der Waals surface area contributed by atoms with E-state index in [1.54, 1.807) is 0 Å². The minimum atomic E-state index is -0.0131. The highest BCUT2D eigenvalue weighted by molar-refractivity contribution is 5.82. The lowest BCUT2D eigenvalue weighted by Gasteiger charge is -2.29. The second kappa shape index (κ2) is 3.32. The van der Waals surface area contributed by atoms with Crippen molar-refractivity contribution in [3.8, 4) is 0 Å². The van der Waals surface area contributed by atoms with Gasteiger partial charge in [-0.2, -0.15) is 0 Å². The van der Waals surface area contributed by atoms with Crippen molar-refractivity contribution in [1.82, 2.24) is 5.32 Å². The van der Waals surface area contributed by atoms with Crippen LogP contribution in [0.3, 0.4) is 0 Å². The van der Waals surface area contributed by atoms with Crippen LogP contribution in [0.4, 0.5) is 0 Å². The predicted octanol–water partition coefficient (Wildman–Crippen LogP) is 2.19. The number of amides is 1. The first-order valence-corrected chi connectivity index (χ1v) is 5.16. The molecule has 1 rings (SSSR count). The van der Waals surface area contributed by atoms with Gasteiger partial charge in [0.15, 0.2) is 0 Å². The molecule has 0 radical (unpaired) electrons. The van der Waals surface area contributed by atoms with Gasteiger partial charge in [-0.1, -0.05) is 20.8 Å². The Kier molecular flexibility index (Phi) is 2.69. The summed E-state index contributed by atoms with van der Waals surface area (Å²) < 4.78 is 0. The SMILES string of the molecule is CC(C)CC1C(C)C(=O)NC1(C)C. The topological polar surface area (TPSA) is 29.1 Å². The smallest absolute Gasteiger partial charge is 0.223 e. The number of nitrogens with one attached hydrogen (secondary N) is 1. The van der Waals surface area contributed by atoms with Crippen molar-refractivity contribution in [2.24, 2.45) is 17.8 Å². The Morgan fingerprint density at radius 2 is 2.00 bits per heavy atom. The molecule has 2 nitrogen and oxygen atoms in total. The van der Waals surface area contributed by atoms with E-state index in [2.05, 4.69) is 33.0 Å². The lowest BCUT2D eigenvalue weighted by molar-refractivity contribution is -0.122. The normalized spacial score (nSPS) is 32.3. The van der Waals surface area contributed by atoms with Crippen LogP contribution in [0.5, 0.6) is 0 Å². The molecule has 0 saturated carbocycles. The number of carbonyl (C=O) groups is 1. The van der Waals surface area contributed by atoms with Gasteiger partial charge in [-0.3, -0.25) is 4.79 Å².